The number of rotatable bonds is 7. The molecule has 0 amide bonds. The summed E-state index contributed by atoms with van der Waals surface area (Å²) in [4.78, 5) is 12.2. The van der Waals surface area contributed by atoms with Crippen molar-refractivity contribution in [3.05, 3.63) is 71.3 Å². The van der Waals surface area contributed by atoms with Crippen LogP contribution in [0.25, 0.3) is 5.57 Å². The zero-order valence-corrected chi connectivity index (χ0v) is 15.4. The second-order valence-electron chi connectivity index (χ2n) is 6.38. The van der Waals surface area contributed by atoms with Gasteiger partial charge in [-0.2, -0.15) is 26.3 Å². The number of ether oxygens (including phenoxy) is 1. The molecule has 0 aliphatic rings. The van der Waals surface area contributed by atoms with Crippen LogP contribution in [0.3, 0.4) is 0 Å². The summed E-state index contributed by atoms with van der Waals surface area (Å²) < 4.78 is 81.7. The molecule has 29 heavy (non-hydrogen) atoms. The first-order chi connectivity index (χ1) is 13.5. The van der Waals surface area contributed by atoms with Gasteiger partial charge in [0.15, 0.2) is 5.78 Å². The predicted molar refractivity (Wildman–Crippen MR) is 96.8 cm³/mol. The Labute approximate surface area is 163 Å². The van der Waals surface area contributed by atoms with Crippen LogP contribution in [0, 0.1) is 6.92 Å². The quantitative estimate of drug-likeness (QED) is 0.222. The lowest BCUT2D eigenvalue weighted by molar-refractivity contribution is -0.136. The van der Waals surface area contributed by atoms with E-state index in [9.17, 15) is 31.1 Å². The molecule has 0 unspecified atom stereocenters. The first-order valence-corrected chi connectivity index (χ1v) is 8.65. The topological polar surface area (TPSA) is 26.3 Å². The Balaban J connectivity index is 2.14. The maximum absolute atomic E-state index is 13.4. The van der Waals surface area contributed by atoms with E-state index in [-0.39, 0.29) is 29.9 Å². The van der Waals surface area contributed by atoms with Gasteiger partial charge in [0.25, 0.3) is 0 Å². The van der Waals surface area contributed by atoms with Gasteiger partial charge in [-0.15, -0.1) is 0 Å². The molecular weight excluding hydrogens is 398 g/mol. The maximum atomic E-state index is 13.4. The van der Waals surface area contributed by atoms with Crippen molar-refractivity contribution in [2.45, 2.75) is 32.1 Å². The number of hydrogen-bond acceptors (Lipinski definition) is 2. The van der Waals surface area contributed by atoms with E-state index < -0.39 is 30.1 Å². The number of halogens is 6. The molecule has 0 saturated carbocycles. The van der Waals surface area contributed by atoms with Gasteiger partial charge in [0.2, 0.25) is 0 Å². The number of carbonyl (C=O) groups excluding carboxylic acids is 1. The molecule has 0 bridgehead atoms. The zero-order valence-electron chi connectivity index (χ0n) is 15.4. The van der Waals surface area contributed by atoms with Gasteiger partial charge in [-0.05, 0) is 37.1 Å². The molecule has 0 saturated heterocycles. The Hall–Kier alpha value is -2.77. The van der Waals surface area contributed by atoms with Crippen molar-refractivity contribution in [1.82, 2.24) is 0 Å². The van der Waals surface area contributed by atoms with Gasteiger partial charge in [-0.1, -0.05) is 42.0 Å². The van der Waals surface area contributed by atoms with Crippen LogP contribution < -0.4 is 4.74 Å². The van der Waals surface area contributed by atoms with Crippen molar-refractivity contribution in [2.24, 2.45) is 0 Å². The van der Waals surface area contributed by atoms with Gasteiger partial charge in [-0.25, -0.2) is 0 Å². The largest absolute Gasteiger partial charge is 0.494 e. The second-order valence-corrected chi connectivity index (χ2v) is 6.38. The molecule has 2 rings (SSSR count). The summed E-state index contributed by atoms with van der Waals surface area (Å²) in [5.41, 5.74) is -0.373. The molecule has 0 heterocycles. The lowest BCUT2D eigenvalue weighted by Crippen LogP contribution is -2.13. The third-order valence-corrected chi connectivity index (χ3v) is 3.96. The molecule has 2 nitrogen and oxygen atoms in total. The van der Waals surface area contributed by atoms with Crippen LogP contribution >= 0.6 is 0 Å². The van der Waals surface area contributed by atoms with Gasteiger partial charge in [0.05, 0.1) is 12.2 Å². The molecule has 156 valence electrons. The van der Waals surface area contributed by atoms with E-state index in [1.54, 1.807) is 19.1 Å². The average Bonchev–Trinajstić information content (AvgIpc) is 2.62. The van der Waals surface area contributed by atoms with Crippen LogP contribution in [0.5, 0.6) is 5.75 Å². The van der Waals surface area contributed by atoms with Crippen LogP contribution in [-0.4, -0.2) is 24.7 Å². The van der Waals surface area contributed by atoms with Gasteiger partial charge < -0.3 is 4.74 Å². The Morgan fingerprint density at radius 2 is 1.45 bits per heavy atom. The third-order valence-electron chi connectivity index (χ3n) is 3.96. The van der Waals surface area contributed by atoms with Gasteiger partial charge in [-0.3, -0.25) is 4.79 Å². The number of benzene rings is 2. The van der Waals surface area contributed by atoms with E-state index in [1.807, 2.05) is 0 Å². The van der Waals surface area contributed by atoms with E-state index in [4.69, 9.17) is 4.74 Å². The second kappa shape index (κ2) is 9.15. The number of alkyl halides is 6. The maximum Gasteiger partial charge on any atom is 0.417 e. The summed E-state index contributed by atoms with van der Waals surface area (Å²) >= 11 is 0. The number of ketones is 1. The molecule has 2 aromatic carbocycles. The first kappa shape index (κ1) is 22.5. The average molecular weight is 416 g/mol. The molecule has 0 aromatic heterocycles. The van der Waals surface area contributed by atoms with Gasteiger partial charge in [0, 0.05) is 12.0 Å². The summed E-state index contributed by atoms with van der Waals surface area (Å²) in [5.74, 6) is -0.646. The van der Waals surface area contributed by atoms with Crippen molar-refractivity contribution < 1.29 is 35.9 Å². The SMILES string of the molecule is Cc1ccc(C(=O)/C=C(/c2ccc(OCCCC(F)(F)F)cc2)C(F)(F)F)cc1. The molecule has 0 spiro atoms. The molecule has 0 atom stereocenters. The number of carbonyl (C=O) groups is 1. The van der Waals surface area contributed by atoms with Crippen LogP contribution in [0.15, 0.2) is 54.6 Å². The predicted octanol–water partition coefficient (Wildman–Crippen LogP) is 6.54. The van der Waals surface area contributed by atoms with E-state index in [2.05, 4.69) is 0 Å². The smallest absolute Gasteiger partial charge is 0.417 e. The molecule has 2 aromatic rings. The normalized spacial score (nSPS) is 12.7. The summed E-state index contributed by atoms with van der Waals surface area (Å²) in [6.07, 6.45) is -9.79. The first-order valence-electron chi connectivity index (χ1n) is 8.65. The van der Waals surface area contributed by atoms with Gasteiger partial charge >= 0.3 is 12.4 Å². The van der Waals surface area contributed by atoms with Crippen LogP contribution in [0.2, 0.25) is 0 Å². The van der Waals surface area contributed by atoms with Crippen molar-refractivity contribution >= 4 is 11.4 Å². The zero-order chi connectivity index (χ0) is 21.7. The fraction of sp³-hybridized carbons (Fsp3) is 0.286. The van der Waals surface area contributed by atoms with Crippen molar-refractivity contribution in [1.29, 1.82) is 0 Å². The molecule has 0 aliphatic carbocycles. The number of aryl methyl sites for hydroxylation is 1. The monoisotopic (exact) mass is 416 g/mol. The van der Waals surface area contributed by atoms with Crippen molar-refractivity contribution in [2.75, 3.05) is 6.61 Å². The summed E-state index contributed by atoms with van der Waals surface area (Å²) in [6.45, 7) is 1.57. The number of hydrogen-bond donors (Lipinski definition) is 0. The van der Waals surface area contributed by atoms with E-state index in [1.165, 1.54) is 24.3 Å². The van der Waals surface area contributed by atoms with E-state index in [0.29, 0.717) is 6.08 Å². The highest BCUT2D eigenvalue weighted by molar-refractivity contribution is 6.09. The molecule has 0 fully saturated rings. The summed E-state index contributed by atoms with van der Waals surface area (Å²) in [5, 5.41) is 0. The van der Waals surface area contributed by atoms with Crippen molar-refractivity contribution in [3.63, 3.8) is 0 Å². The molecule has 0 radical (unpaired) electrons. The van der Waals surface area contributed by atoms with Crippen LogP contribution in [0.1, 0.15) is 34.3 Å². The van der Waals surface area contributed by atoms with Crippen LogP contribution in [-0.2, 0) is 0 Å². The Morgan fingerprint density at radius 3 is 1.97 bits per heavy atom. The summed E-state index contributed by atoms with van der Waals surface area (Å²) in [7, 11) is 0. The Kier molecular flexibility index (Phi) is 7.11. The van der Waals surface area contributed by atoms with Gasteiger partial charge in [0.1, 0.15) is 5.75 Å². The van der Waals surface area contributed by atoms with Crippen LogP contribution in [0.4, 0.5) is 26.3 Å². The molecule has 0 aliphatic heterocycles. The molecule has 0 N–H and O–H groups in total. The van der Waals surface area contributed by atoms with E-state index >= 15 is 0 Å². The minimum absolute atomic E-state index is 0.127. The fourth-order valence-electron chi connectivity index (χ4n) is 2.45. The lowest BCUT2D eigenvalue weighted by Gasteiger charge is -2.13. The fourth-order valence-corrected chi connectivity index (χ4v) is 2.45. The minimum Gasteiger partial charge on any atom is -0.494 e. The van der Waals surface area contributed by atoms with E-state index in [0.717, 1.165) is 17.7 Å². The highest BCUT2D eigenvalue weighted by Gasteiger charge is 2.35. The highest BCUT2D eigenvalue weighted by atomic mass is 19.4. The standard InChI is InChI=1S/C21H18F6O2/c1-14-3-5-16(6-4-14)19(28)13-18(21(25,26)27)15-7-9-17(10-8-15)29-12-2-11-20(22,23)24/h3-10,13H,2,11-12H2,1H3/b18-13-. The Bertz CT molecular complexity index is 847. The third kappa shape index (κ3) is 7.29. The summed E-state index contributed by atoms with van der Waals surface area (Å²) in [6, 6.07) is 10.8. The molecular formula is C21H18F6O2. The number of allylic oxidation sites excluding steroid dienone is 2. The van der Waals surface area contributed by atoms with Crippen molar-refractivity contribution in [3.8, 4) is 5.75 Å². The Morgan fingerprint density at radius 1 is 0.897 bits per heavy atom. The lowest BCUT2D eigenvalue weighted by atomic mass is 10.0. The highest BCUT2D eigenvalue weighted by Crippen LogP contribution is 2.35. The minimum atomic E-state index is -4.77. The molecule has 8 heteroatoms.